The van der Waals surface area contributed by atoms with E-state index in [1.807, 2.05) is 19.0 Å². The molecule has 0 aromatic carbocycles. The Balaban J connectivity index is 2.68. The normalized spacial score (nSPS) is 14.6. The van der Waals surface area contributed by atoms with Gasteiger partial charge in [0, 0.05) is 12.8 Å². The summed E-state index contributed by atoms with van der Waals surface area (Å²) in [7, 11) is 3.92. The van der Waals surface area contributed by atoms with Crippen LogP contribution in [0.3, 0.4) is 0 Å². The van der Waals surface area contributed by atoms with E-state index in [-0.39, 0.29) is 5.41 Å². The SMILES string of the molecule is CCC(C)(CC#N)Cc1nc(CN(C)C)no1. The number of aromatic nitrogens is 2. The van der Waals surface area contributed by atoms with Crippen LogP contribution in [0.1, 0.15) is 38.4 Å². The summed E-state index contributed by atoms with van der Waals surface area (Å²) >= 11 is 0. The molecular weight excluding hydrogens is 216 g/mol. The summed E-state index contributed by atoms with van der Waals surface area (Å²) in [6.07, 6.45) is 2.10. The van der Waals surface area contributed by atoms with E-state index < -0.39 is 0 Å². The molecule has 5 heteroatoms. The fourth-order valence-corrected chi connectivity index (χ4v) is 1.58. The third kappa shape index (κ3) is 4.16. The van der Waals surface area contributed by atoms with Crippen LogP contribution in [0.5, 0.6) is 0 Å². The Morgan fingerprint density at radius 1 is 1.47 bits per heavy atom. The van der Waals surface area contributed by atoms with Gasteiger partial charge in [-0.05, 0) is 25.9 Å². The summed E-state index contributed by atoms with van der Waals surface area (Å²) in [5, 5.41) is 12.7. The molecule has 0 radical (unpaired) electrons. The second-order valence-electron chi connectivity index (χ2n) is 5.02. The van der Waals surface area contributed by atoms with Crippen molar-refractivity contribution < 1.29 is 4.52 Å². The molecule has 1 aromatic heterocycles. The van der Waals surface area contributed by atoms with E-state index in [0.29, 0.717) is 31.1 Å². The molecule has 0 saturated heterocycles. The first-order valence-corrected chi connectivity index (χ1v) is 5.82. The first-order valence-electron chi connectivity index (χ1n) is 5.82. The highest BCUT2D eigenvalue weighted by Crippen LogP contribution is 2.29. The monoisotopic (exact) mass is 236 g/mol. The van der Waals surface area contributed by atoms with Gasteiger partial charge in [-0.25, -0.2) is 0 Å². The van der Waals surface area contributed by atoms with Crippen molar-refractivity contribution in [1.82, 2.24) is 15.0 Å². The van der Waals surface area contributed by atoms with Crippen molar-refractivity contribution >= 4 is 0 Å². The Kier molecular flexibility index (Phi) is 4.64. The Bertz CT molecular complexity index is 393. The molecule has 17 heavy (non-hydrogen) atoms. The van der Waals surface area contributed by atoms with E-state index in [0.717, 1.165) is 6.42 Å². The minimum Gasteiger partial charge on any atom is -0.339 e. The maximum absolute atomic E-state index is 8.81. The summed E-state index contributed by atoms with van der Waals surface area (Å²) in [6.45, 7) is 4.82. The van der Waals surface area contributed by atoms with Crippen LogP contribution < -0.4 is 0 Å². The van der Waals surface area contributed by atoms with Crippen molar-refractivity contribution in [2.45, 2.75) is 39.7 Å². The van der Waals surface area contributed by atoms with Crippen LogP contribution >= 0.6 is 0 Å². The van der Waals surface area contributed by atoms with Gasteiger partial charge < -0.3 is 9.42 Å². The lowest BCUT2D eigenvalue weighted by Crippen LogP contribution is -2.18. The van der Waals surface area contributed by atoms with E-state index >= 15 is 0 Å². The van der Waals surface area contributed by atoms with Gasteiger partial charge in [0.15, 0.2) is 5.82 Å². The standard InChI is InChI=1S/C12H20N4O/c1-5-12(2,6-7-13)8-11-14-10(15-17-11)9-16(3)4/h5-6,8-9H2,1-4H3. The summed E-state index contributed by atoms with van der Waals surface area (Å²) in [6, 6.07) is 2.22. The molecule has 94 valence electrons. The fourth-order valence-electron chi connectivity index (χ4n) is 1.58. The van der Waals surface area contributed by atoms with E-state index in [1.54, 1.807) is 0 Å². The zero-order chi connectivity index (χ0) is 12.9. The summed E-state index contributed by atoms with van der Waals surface area (Å²) < 4.78 is 5.21. The first-order chi connectivity index (χ1) is 7.99. The predicted octanol–water partition coefficient (Wildman–Crippen LogP) is 2.00. The summed E-state index contributed by atoms with van der Waals surface area (Å²) in [5.74, 6) is 1.32. The van der Waals surface area contributed by atoms with Crippen LogP contribution in [-0.4, -0.2) is 29.1 Å². The van der Waals surface area contributed by atoms with Crippen LogP contribution in [0, 0.1) is 16.7 Å². The van der Waals surface area contributed by atoms with Crippen LogP contribution in [0.2, 0.25) is 0 Å². The fraction of sp³-hybridized carbons (Fsp3) is 0.750. The molecule has 0 aliphatic heterocycles. The molecule has 0 aliphatic rings. The molecule has 1 rings (SSSR count). The van der Waals surface area contributed by atoms with Crippen LogP contribution in [-0.2, 0) is 13.0 Å². The molecule has 0 aliphatic carbocycles. The maximum atomic E-state index is 8.81. The predicted molar refractivity (Wildman–Crippen MR) is 64.0 cm³/mol. The lowest BCUT2D eigenvalue weighted by Gasteiger charge is -2.22. The smallest absolute Gasteiger partial charge is 0.227 e. The first kappa shape index (κ1) is 13.7. The third-order valence-electron chi connectivity index (χ3n) is 2.91. The molecule has 0 saturated carbocycles. The second-order valence-corrected chi connectivity index (χ2v) is 5.02. The number of hydrogen-bond acceptors (Lipinski definition) is 5. The topological polar surface area (TPSA) is 66.0 Å². The van der Waals surface area contributed by atoms with E-state index in [2.05, 4.69) is 30.1 Å². The van der Waals surface area contributed by atoms with E-state index in [9.17, 15) is 0 Å². The van der Waals surface area contributed by atoms with Gasteiger partial charge in [-0.1, -0.05) is 19.0 Å². The Hall–Kier alpha value is -1.41. The molecule has 1 atom stereocenters. The lowest BCUT2D eigenvalue weighted by molar-refractivity contribution is 0.264. The zero-order valence-electron chi connectivity index (χ0n) is 11.0. The number of nitriles is 1. The minimum atomic E-state index is -0.0727. The largest absolute Gasteiger partial charge is 0.339 e. The molecule has 0 bridgehead atoms. The van der Waals surface area contributed by atoms with E-state index in [4.69, 9.17) is 9.78 Å². The van der Waals surface area contributed by atoms with Crippen molar-refractivity contribution in [3.63, 3.8) is 0 Å². The summed E-state index contributed by atoms with van der Waals surface area (Å²) in [5.41, 5.74) is -0.0727. The van der Waals surface area contributed by atoms with Crippen LogP contribution in [0.25, 0.3) is 0 Å². The Morgan fingerprint density at radius 2 is 2.18 bits per heavy atom. The third-order valence-corrected chi connectivity index (χ3v) is 2.91. The molecule has 1 aromatic rings. The highest BCUT2D eigenvalue weighted by atomic mass is 16.5. The summed E-state index contributed by atoms with van der Waals surface area (Å²) in [4.78, 5) is 6.33. The van der Waals surface area contributed by atoms with Crippen molar-refractivity contribution in [1.29, 1.82) is 5.26 Å². The molecule has 5 nitrogen and oxygen atoms in total. The molecule has 0 fully saturated rings. The van der Waals surface area contributed by atoms with E-state index in [1.165, 1.54) is 0 Å². The molecule has 0 spiro atoms. The highest BCUT2D eigenvalue weighted by molar-refractivity contribution is 4.94. The van der Waals surface area contributed by atoms with Crippen LogP contribution in [0.15, 0.2) is 4.52 Å². The lowest BCUT2D eigenvalue weighted by atomic mass is 9.81. The van der Waals surface area contributed by atoms with Gasteiger partial charge in [0.25, 0.3) is 0 Å². The minimum absolute atomic E-state index is 0.0727. The highest BCUT2D eigenvalue weighted by Gasteiger charge is 2.25. The van der Waals surface area contributed by atoms with Gasteiger partial charge >= 0.3 is 0 Å². The van der Waals surface area contributed by atoms with Crippen molar-refractivity contribution in [3.8, 4) is 6.07 Å². The van der Waals surface area contributed by atoms with Crippen molar-refractivity contribution in [3.05, 3.63) is 11.7 Å². The maximum Gasteiger partial charge on any atom is 0.227 e. The Morgan fingerprint density at radius 3 is 2.71 bits per heavy atom. The molecular formula is C12H20N4O. The van der Waals surface area contributed by atoms with Crippen LogP contribution in [0.4, 0.5) is 0 Å². The van der Waals surface area contributed by atoms with Gasteiger partial charge in [-0.3, -0.25) is 0 Å². The number of hydrogen-bond donors (Lipinski definition) is 0. The van der Waals surface area contributed by atoms with Gasteiger partial charge in [-0.2, -0.15) is 10.2 Å². The molecule has 1 heterocycles. The number of rotatable bonds is 6. The number of nitrogens with zero attached hydrogens (tertiary/aromatic N) is 4. The quantitative estimate of drug-likeness (QED) is 0.755. The second kappa shape index (κ2) is 5.78. The van der Waals surface area contributed by atoms with Gasteiger partial charge in [0.2, 0.25) is 5.89 Å². The average molecular weight is 236 g/mol. The zero-order valence-corrected chi connectivity index (χ0v) is 11.0. The van der Waals surface area contributed by atoms with Gasteiger partial charge in [0.1, 0.15) is 0 Å². The molecule has 1 unspecified atom stereocenters. The molecule has 0 N–H and O–H groups in total. The molecule has 0 amide bonds. The Labute approximate surface area is 102 Å². The van der Waals surface area contributed by atoms with Crippen molar-refractivity contribution in [2.24, 2.45) is 5.41 Å². The average Bonchev–Trinajstić information content (AvgIpc) is 2.64. The van der Waals surface area contributed by atoms with Crippen molar-refractivity contribution in [2.75, 3.05) is 14.1 Å². The van der Waals surface area contributed by atoms with Gasteiger partial charge in [-0.15, -0.1) is 0 Å². The van der Waals surface area contributed by atoms with Gasteiger partial charge in [0.05, 0.1) is 12.6 Å².